The summed E-state index contributed by atoms with van der Waals surface area (Å²) in [6.45, 7) is 0.0643. The Balaban J connectivity index is 1.63. The first kappa shape index (κ1) is 16.3. The van der Waals surface area contributed by atoms with Crippen LogP contribution in [0.25, 0.3) is 11.3 Å². The molecule has 0 saturated heterocycles. The zero-order chi connectivity index (χ0) is 17.9. The highest BCUT2D eigenvalue weighted by molar-refractivity contribution is 6.13. The lowest BCUT2D eigenvalue weighted by molar-refractivity contribution is -0.115. The Morgan fingerprint density at radius 2 is 2.04 bits per heavy atom. The van der Waals surface area contributed by atoms with Crippen molar-refractivity contribution in [2.45, 2.75) is 12.3 Å². The number of furan rings is 1. The van der Waals surface area contributed by atoms with Crippen molar-refractivity contribution in [3.8, 4) is 11.3 Å². The maximum Gasteiger partial charge on any atom is 0.237 e. The number of nitrogens with one attached hydrogen (secondary N) is 1. The van der Waals surface area contributed by atoms with Gasteiger partial charge in [0.2, 0.25) is 5.91 Å². The summed E-state index contributed by atoms with van der Waals surface area (Å²) >= 11 is 0. The molecule has 0 aliphatic carbocycles. The first-order valence-corrected chi connectivity index (χ1v) is 8.48. The first-order chi connectivity index (χ1) is 12.8. The minimum atomic E-state index is -0.433. The van der Waals surface area contributed by atoms with E-state index in [1.54, 1.807) is 12.5 Å². The summed E-state index contributed by atoms with van der Waals surface area (Å²) in [6, 6.07) is 17.1. The Kier molecular flexibility index (Phi) is 4.37. The zero-order valence-electron chi connectivity index (χ0n) is 14.1. The molecule has 0 bridgehead atoms. The van der Waals surface area contributed by atoms with Crippen LogP contribution >= 0.6 is 0 Å². The molecule has 1 unspecified atom stereocenters. The molecule has 1 aromatic heterocycles. The van der Waals surface area contributed by atoms with Gasteiger partial charge in [0.1, 0.15) is 11.7 Å². The molecule has 0 radical (unpaired) electrons. The lowest BCUT2D eigenvalue weighted by Gasteiger charge is -2.06. The van der Waals surface area contributed by atoms with Gasteiger partial charge in [0.25, 0.3) is 0 Å². The average molecular weight is 346 g/mol. The molecule has 2 N–H and O–H groups in total. The number of benzene rings is 2. The normalized spacial score (nSPS) is 16.0. The molecule has 0 spiro atoms. The van der Waals surface area contributed by atoms with Crippen molar-refractivity contribution in [3.63, 3.8) is 0 Å². The molecule has 0 fully saturated rings. The highest BCUT2D eigenvalue weighted by Crippen LogP contribution is 2.35. The Morgan fingerprint density at radius 1 is 1.15 bits per heavy atom. The molecule has 4 rings (SSSR count). The summed E-state index contributed by atoms with van der Waals surface area (Å²) in [5, 5.41) is 12.1. The number of aliphatic imine (C=N–C) groups is 1. The van der Waals surface area contributed by atoms with Crippen LogP contribution in [0.1, 0.15) is 17.0 Å². The third kappa shape index (κ3) is 3.05. The number of rotatable bonds is 5. The van der Waals surface area contributed by atoms with Gasteiger partial charge in [-0.2, -0.15) is 0 Å². The van der Waals surface area contributed by atoms with Crippen molar-refractivity contribution in [1.29, 1.82) is 0 Å². The highest BCUT2D eigenvalue weighted by atomic mass is 16.3. The Hall–Kier alpha value is -3.18. The van der Waals surface area contributed by atoms with E-state index in [1.807, 2.05) is 54.6 Å². The molecule has 1 aliphatic rings. The van der Waals surface area contributed by atoms with Gasteiger partial charge >= 0.3 is 0 Å². The van der Waals surface area contributed by atoms with Crippen LogP contribution in [0.5, 0.6) is 0 Å². The number of anilines is 1. The number of amides is 1. The lowest BCUT2D eigenvalue weighted by atomic mass is 9.99. The number of nitrogens with zero attached hydrogens (tertiary/aromatic N) is 1. The fourth-order valence-electron chi connectivity index (χ4n) is 3.15. The predicted molar refractivity (Wildman–Crippen MR) is 101 cm³/mol. The van der Waals surface area contributed by atoms with Crippen molar-refractivity contribution in [1.82, 2.24) is 0 Å². The zero-order valence-corrected chi connectivity index (χ0v) is 14.1. The summed E-state index contributed by atoms with van der Waals surface area (Å²) in [5.41, 5.74) is 4.32. The summed E-state index contributed by atoms with van der Waals surface area (Å²) < 4.78 is 5.42. The number of hydrogen-bond acceptors (Lipinski definition) is 4. The topological polar surface area (TPSA) is 74.8 Å². The van der Waals surface area contributed by atoms with Gasteiger partial charge < -0.3 is 14.8 Å². The molecule has 0 saturated carbocycles. The van der Waals surface area contributed by atoms with Crippen molar-refractivity contribution in [3.05, 3.63) is 72.0 Å². The Bertz CT molecular complexity index is 961. The van der Waals surface area contributed by atoms with Crippen molar-refractivity contribution in [2.75, 3.05) is 11.9 Å². The van der Waals surface area contributed by atoms with Crippen LogP contribution in [-0.4, -0.2) is 23.8 Å². The number of aliphatic hydroxyl groups excluding tert-OH is 1. The maximum atomic E-state index is 12.4. The highest BCUT2D eigenvalue weighted by Gasteiger charge is 2.29. The van der Waals surface area contributed by atoms with Gasteiger partial charge in [-0.05, 0) is 41.8 Å². The standard InChI is InChI=1S/C21H18N2O3/c24-10-9-14-4-1-2-5-18(14)22-13-17-16-8-7-15(20-6-3-11-26-20)12-19(16)23-21(17)25/h1-8,11-13,17,24H,9-10H2,(H,23,25). The van der Waals surface area contributed by atoms with Gasteiger partial charge in [0, 0.05) is 24.1 Å². The summed E-state index contributed by atoms with van der Waals surface area (Å²) in [7, 11) is 0. The smallest absolute Gasteiger partial charge is 0.237 e. The SMILES string of the molecule is O=C1Nc2cc(-c3ccco3)ccc2C1C=Nc1ccccc1CCO. The largest absolute Gasteiger partial charge is 0.464 e. The van der Waals surface area contributed by atoms with Crippen LogP contribution in [0.15, 0.2) is 70.3 Å². The molecule has 1 amide bonds. The molecule has 2 heterocycles. The van der Waals surface area contributed by atoms with E-state index in [0.717, 1.165) is 33.8 Å². The van der Waals surface area contributed by atoms with E-state index in [0.29, 0.717) is 6.42 Å². The molecule has 5 nitrogen and oxygen atoms in total. The van der Waals surface area contributed by atoms with Crippen LogP contribution in [0.2, 0.25) is 0 Å². The Morgan fingerprint density at radius 3 is 2.85 bits per heavy atom. The molecule has 130 valence electrons. The monoisotopic (exact) mass is 346 g/mol. The maximum absolute atomic E-state index is 12.4. The van der Waals surface area contributed by atoms with Crippen molar-refractivity contribution >= 4 is 23.5 Å². The molecule has 3 aromatic rings. The van der Waals surface area contributed by atoms with E-state index in [1.165, 1.54) is 0 Å². The molecular formula is C21H18N2O3. The van der Waals surface area contributed by atoms with Crippen molar-refractivity contribution < 1.29 is 14.3 Å². The fourth-order valence-corrected chi connectivity index (χ4v) is 3.15. The molecule has 26 heavy (non-hydrogen) atoms. The summed E-state index contributed by atoms with van der Waals surface area (Å²) in [6.07, 6.45) is 3.83. The quantitative estimate of drug-likeness (QED) is 0.688. The van der Waals surface area contributed by atoms with E-state index in [9.17, 15) is 9.90 Å². The molecule has 2 aromatic carbocycles. The second-order valence-corrected chi connectivity index (χ2v) is 6.13. The molecule has 5 heteroatoms. The van der Waals surface area contributed by atoms with Gasteiger partial charge in [-0.3, -0.25) is 9.79 Å². The fraction of sp³-hybridized carbons (Fsp3) is 0.143. The molecule has 1 atom stereocenters. The number of aliphatic hydroxyl groups is 1. The third-order valence-electron chi connectivity index (χ3n) is 4.47. The molecule has 1 aliphatic heterocycles. The van der Waals surface area contributed by atoms with Gasteiger partial charge in [-0.25, -0.2) is 0 Å². The second-order valence-electron chi connectivity index (χ2n) is 6.13. The third-order valence-corrected chi connectivity index (χ3v) is 4.47. The summed E-state index contributed by atoms with van der Waals surface area (Å²) in [4.78, 5) is 16.9. The minimum absolute atomic E-state index is 0.0643. The van der Waals surface area contributed by atoms with E-state index >= 15 is 0 Å². The number of para-hydroxylation sites is 1. The minimum Gasteiger partial charge on any atom is -0.464 e. The van der Waals surface area contributed by atoms with Crippen LogP contribution in [0.4, 0.5) is 11.4 Å². The number of carbonyl (C=O) groups excluding carboxylic acids is 1. The van der Waals surface area contributed by atoms with Crippen LogP contribution in [0.3, 0.4) is 0 Å². The average Bonchev–Trinajstić information content (AvgIpc) is 3.28. The number of fused-ring (bicyclic) bond motifs is 1. The van der Waals surface area contributed by atoms with E-state index in [4.69, 9.17) is 4.42 Å². The van der Waals surface area contributed by atoms with Crippen LogP contribution in [0, 0.1) is 0 Å². The van der Waals surface area contributed by atoms with Crippen molar-refractivity contribution in [2.24, 2.45) is 4.99 Å². The van der Waals surface area contributed by atoms with E-state index < -0.39 is 5.92 Å². The van der Waals surface area contributed by atoms with Gasteiger partial charge in [0.15, 0.2) is 0 Å². The predicted octanol–water partition coefficient (Wildman–Crippen LogP) is 3.92. The Labute approximate surface area is 151 Å². The van der Waals surface area contributed by atoms with Crippen LogP contribution < -0.4 is 5.32 Å². The van der Waals surface area contributed by atoms with Gasteiger partial charge in [-0.1, -0.05) is 30.3 Å². The van der Waals surface area contributed by atoms with E-state index in [-0.39, 0.29) is 12.5 Å². The van der Waals surface area contributed by atoms with Gasteiger partial charge in [0.05, 0.1) is 12.0 Å². The number of hydrogen-bond donors (Lipinski definition) is 2. The first-order valence-electron chi connectivity index (χ1n) is 8.48. The number of carbonyl (C=O) groups is 1. The molecular weight excluding hydrogens is 328 g/mol. The van der Waals surface area contributed by atoms with Crippen LogP contribution in [-0.2, 0) is 11.2 Å². The summed E-state index contributed by atoms with van der Waals surface area (Å²) in [5.74, 6) is 0.231. The second kappa shape index (κ2) is 6.98. The van der Waals surface area contributed by atoms with E-state index in [2.05, 4.69) is 10.3 Å². The lowest BCUT2D eigenvalue weighted by Crippen LogP contribution is -2.12. The van der Waals surface area contributed by atoms with Gasteiger partial charge in [-0.15, -0.1) is 0 Å².